The summed E-state index contributed by atoms with van der Waals surface area (Å²) >= 11 is 0.899. The number of benzene rings is 2. The van der Waals surface area contributed by atoms with Crippen LogP contribution < -0.4 is 30.7 Å². The number of carbonyl (C=O) groups excluding carboxylic acids is 1. The SMILES string of the molecule is CN1c2ccc(C(=O)O)cc2NC1(Nc1nc2ccc(OC(F)(F)F)cc2s1)C(NS(C)(=O)=O)C(N)=O. The average Bonchev–Trinajstić information content (AvgIpc) is 3.27. The fraction of sp³-hybridized carbons (Fsp3) is 0.250. The number of halogens is 3. The van der Waals surface area contributed by atoms with Gasteiger partial charge in [-0.05, 0) is 30.3 Å². The summed E-state index contributed by atoms with van der Waals surface area (Å²) in [5, 5.41) is 15.3. The first-order valence-electron chi connectivity index (χ1n) is 10.2. The molecule has 2 unspecified atom stereocenters. The molecule has 0 radical (unpaired) electrons. The number of nitrogens with two attached hydrogens (primary N) is 1. The number of hydrogen-bond acceptors (Lipinski definition) is 10. The number of ether oxygens (including phenoxy) is 1. The van der Waals surface area contributed by atoms with Crippen LogP contribution in [0.15, 0.2) is 36.4 Å². The topological polar surface area (TPSA) is 176 Å². The molecule has 12 nitrogen and oxygen atoms in total. The molecule has 0 aliphatic carbocycles. The number of carboxylic acid groups (broad SMARTS) is 1. The maximum Gasteiger partial charge on any atom is 0.573 e. The van der Waals surface area contributed by atoms with Crippen LogP contribution >= 0.6 is 11.3 Å². The molecule has 0 saturated heterocycles. The number of alkyl halides is 3. The minimum Gasteiger partial charge on any atom is -0.478 e. The number of hydrogen-bond donors (Lipinski definition) is 5. The number of aromatic nitrogens is 1. The number of fused-ring (bicyclic) bond motifs is 2. The Labute approximate surface area is 211 Å². The molecule has 1 aliphatic rings. The van der Waals surface area contributed by atoms with Crippen molar-refractivity contribution >= 4 is 60.0 Å². The van der Waals surface area contributed by atoms with Crippen LogP contribution in [0.5, 0.6) is 5.75 Å². The Balaban J connectivity index is 1.81. The Morgan fingerprint density at radius 1 is 1.27 bits per heavy atom. The first kappa shape index (κ1) is 26.2. The number of rotatable bonds is 8. The van der Waals surface area contributed by atoms with Crippen LogP contribution in [0, 0.1) is 0 Å². The molecular formula is C20H19F3N6O6S2. The average molecular weight is 561 g/mol. The van der Waals surface area contributed by atoms with Gasteiger partial charge in [-0.25, -0.2) is 18.2 Å². The number of nitrogens with one attached hydrogen (secondary N) is 3. The molecular weight excluding hydrogens is 541 g/mol. The third kappa shape index (κ3) is 5.32. The van der Waals surface area contributed by atoms with Crippen molar-refractivity contribution in [3.8, 4) is 5.75 Å². The van der Waals surface area contributed by atoms with Gasteiger partial charge in [-0.1, -0.05) is 11.3 Å². The minimum atomic E-state index is -4.90. The van der Waals surface area contributed by atoms with Gasteiger partial charge in [0.2, 0.25) is 21.7 Å². The van der Waals surface area contributed by atoms with Crippen LogP contribution in [0.1, 0.15) is 10.4 Å². The lowest BCUT2D eigenvalue weighted by Crippen LogP contribution is -2.71. The molecule has 3 aromatic rings. The number of nitrogens with zero attached hydrogens (tertiary/aromatic N) is 2. The molecule has 4 rings (SSSR count). The molecule has 2 heterocycles. The second kappa shape index (κ2) is 8.93. The van der Waals surface area contributed by atoms with Crippen LogP contribution in [-0.2, 0) is 14.8 Å². The Kier molecular flexibility index (Phi) is 6.33. The van der Waals surface area contributed by atoms with Crippen molar-refractivity contribution in [2.75, 3.05) is 28.8 Å². The number of primary amides is 1. The van der Waals surface area contributed by atoms with Gasteiger partial charge in [-0.15, -0.1) is 13.2 Å². The highest BCUT2D eigenvalue weighted by Gasteiger charge is 2.52. The second-order valence-corrected chi connectivity index (χ2v) is 10.8. The summed E-state index contributed by atoms with van der Waals surface area (Å²) in [5.41, 5.74) is 6.41. The molecule has 17 heteroatoms. The van der Waals surface area contributed by atoms with E-state index < -0.39 is 45.8 Å². The van der Waals surface area contributed by atoms with Crippen molar-refractivity contribution < 1.29 is 41.0 Å². The third-order valence-electron chi connectivity index (χ3n) is 5.38. The Morgan fingerprint density at radius 3 is 2.57 bits per heavy atom. The molecule has 1 aromatic heterocycles. The number of thiazole rings is 1. The summed E-state index contributed by atoms with van der Waals surface area (Å²) in [6, 6.07) is 5.88. The van der Waals surface area contributed by atoms with E-state index in [0.29, 0.717) is 5.69 Å². The maximum atomic E-state index is 12.6. The fourth-order valence-electron chi connectivity index (χ4n) is 3.88. The van der Waals surface area contributed by atoms with Crippen molar-refractivity contribution in [1.29, 1.82) is 0 Å². The number of amides is 1. The first-order chi connectivity index (χ1) is 17.1. The van der Waals surface area contributed by atoms with Gasteiger partial charge in [0.1, 0.15) is 5.75 Å². The number of anilines is 3. The summed E-state index contributed by atoms with van der Waals surface area (Å²) in [6.07, 6.45) is -4.08. The van der Waals surface area contributed by atoms with Crippen LogP contribution in [0.4, 0.5) is 29.7 Å². The molecule has 198 valence electrons. The zero-order chi connectivity index (χ0) is 27.3. The van der Waals surface area contributed by atoms with Crippen LogP contribution in [0.2, 0.25) is 0 Å². The highest BCUT2D eigenvalue weighted by Crippen LogP contribution is 2.43. The molecule has 0 bridgehead atoms. The first-order valence-corrected chi connectivity index (χ1v) is 12.9. The van der Waals surface area contributed by atoms with Gasteiger partial charge < -0.3 is 31.1 Å². The largest absolute Gasteiger partial charge is 0.573 e. The van der Waals surface area contributed by atoms with E-state index in [1.807, 2.05) is 0 Å². The molecule has 2 atom stereocenters. The van der Waals surface area contributed by atoms with Gasteiger partial charge in [-0.2, -0.15) is 4.72 Å². The van der Waals surface area contributed by atoms with Gasteiger partial charge in [0.15, 0.2) is 11.2 Å². The maximum absolute atomic E-state index is 12.6. The molecule has 0 fully saturated rings. The number of carboxylic acids is 1. The highest BCUT2D eigenvalue weighted by atomic mass is 32.2. The number of likely N-dealkylation sites (N-methyl/N-ethyl adjacent to an activating group) is 1. The van der Waals surface area contributed by atoms with E-state index in [-0.39, 0.29) is 26.6 Å². The van der Waals surface area contributed by atoms with Crippen LogP contribution in [0.25, 0.3) is 10.2 Å². The lowest BCUT2D eigenvalue weighted by molar-refractivity contribution is -0.274. The van der Waals surface area contributed by atoms with Gasteiger partial charge in [0.05, 0.1) is 33.4 Å². The van der Waals surface area contributed by atoms with Crippen molar-refractivity contribution in [1.82, 2.24) is 9.71 Å². The fourth-order valence-corrected chi connectivity index (χ4v) is 5.54. The predicted octanol–water partition coefficient (Wildman–Crippen LogP) is 1.92. The van der Waals surface area contributed by atoms with Gasteiger partial charge in [0.25, 0.3) is 0 Å². The second-order valence-electron chi connectivity index (χ2n) is 8.03. The third-order valence-corrected chi connectivity index (χ3v) is 6.98. The monoisotopic (exact) mass is 560 g/mol. The van der Waals surface area contributed by atoms with E-state index in [0.717, 1.165) is 29.7 Å². The normalized spacial score (nSPS) is 18.2. The van der Waals surface area contributed by atoms with Gasteiger partial charge >= 0.3 is 12.3 Å². The Bertz CT molecular complexity index is 1510. The predicted molar refractivity (Wildman–Crippen MR) is 129 cm³/mol. The summed E-state index contributed by atoms with van der Waals surface area (Å²) in [6.45, 7) is 0. The molecule has 37 heavy (non-hydrogen) atoms. The molecule has 0 saturated carbocycles. The van der Waals surface area contributed by atoms with E-state index in [9.17, 15) is 36.3 Å². The van der Waals surface area contributed by atoms with E-state index in [2.05, 4.69) is 25.1 Å². The van der Waals surface area contributed by atoms with Crippen LogP contribution in [0.3, 0.4) is 0 Å². The molecule has 2 aromatic carbocycles. The van der Waals surface area contributed by atoms with Gasteiger partial charge in [-0.3, -0.25) is 4.79 Å². The Hall–Kier alpha value is -3.83. The zero-order valence-electron chi connectivity index (χ0n) is 19.0. The lowest BCUT2D eigenvalue weighted by Gasteiger charge is -2.42. The minimum absolute atomic E-state index is 0.0753. The summed E-state index contributed by atoms with van der Waals surface area (Å²) in [5.74, 6) is -4.62. The summed E-state index contributed by atoms with van der Waals surface area (Å²) in [4.78, 5) is 29.8. The number of aromatic carboxylic acids is 1. The lowest BCUT2D eigenvalue weighted by atomic mass is 10.1. The quantitative estimate of drug-likeness (QED) is 0.274. The smallest absolute Gasteiger partial charge is 0.478 e. The van der Waals surface area contributed by atoms with Crippen LogP contribution in [-0.4, -0.2) is 61.9 Å². The number of sulfonamides is 1. The van der Waals surface area contributed by atoms with E-state index in [4.69, 9.17) is 5.73 Å². The van der Waals surface area contributed by atoms with E-state index >= 15 is 0 Å². The molecule has 1 aliphatic heterocycles. The highest BCUT2D eigenvalue weighted by molar-refractivity contribution is 7.88. The molecule has 6 N–H and O–H groups in total. The number of carbonyl (C=O) groups is 2. The van der Waals surface area contributed by atoms with E-state index in [1.165, 1.54) is 36.2 Å². The molecule has 1 amide bonds. The standard InChI is InChI=1S/C20H19F3N6O6S2/c1-29-13-6-3-9(17(31)32)7-12(13)26-19(29,15(16(24)30)28-37(2,33)34)27-18-25-11-5-4-10(8-14(11)36-18)35-20(21,22)23/h3-8,15,26,28H,1-2H3,(H2,24,30)(H,25,27)(H,31,32). The van der Waals surface area contributed by atoms with Crippen molar-refractivity contribution in [3.05, 3.63) is 42.0 Å². The Morgan fingerprint density at radius 2 is 1.97 bits per heavy atom. The van der Waals surface area contributed by atoms with E-state index in [1.54, 1.807) is 0 Å². The molecule has 0 spiro atoms. The van der Waals surface area contributed by atoms with Crippen molar-refractivity contribution in [2.24, 2.45) is 5.73 Å². The summed E-state index contributed by atoms with van der Waals surface area (Å²) < 4.78 is 68.5. The van der Waals surface area contributed by atoms with Crippen molar-refractivity contribution in [2.45, 2.75) is 18.2 Å². The summed E-state index contributed by atoms with van der Waals surface area (Å²) in [7, 11) is -2.51. The van der Waals surface area contributed by atoms with Crippen molar-refractivity contribution in [3.63, 3.8) is 0 Å². The zero-order valence-corrected chi connectivity index (χ0v) is 20.6. The van der Waals surface area contributed by atoms with Gasteiger partial charge in [0, 0.05) is 13.1 Å².